The van der Waals surface area contributed by atoms with Crippen LogP contribution in [0.2, 0.25) is 0 Å². The largest absolute Gasteiger partial charge is 0.398 e. The lowest BCUT2D eigenvalue weighted by atomic mass is 10.3. The SMILES string of the molecule is CC.CCCCCNS(=O)c1ccccc1N. The summed E-state index contributed by atoms with van der Waals surface area (Å²) < 4.78 is 14.7. The van der Waals surface area contributed by atoms with E-state index in [1.54, 1.807) is 12.1 Å². The lowest BCUT2D eigenvalue weighted by Crippen LogP contribution is -2.19. The van der Waals surface area contributed by atoms with Crippen molar-refractivity contribution in [2.45, 2.75) is 44.9 Å². The number of nitrogen functional groups attached to an aromatic ring is 1. The van der Waals surface area contributed by atoms with Crippen molar-refractivity contribution in [2.24, 2.45) is 0 Å². The number of para-hydroxylation sites is 1. The second-order valence-corrected chi connectivity index (χ2v) is 4.67. The normalized spacial score (nSPS) is 11.5. The molecule has 0 spiro atoms. The molecule has 1 aromatic carbocycles. The maximum Gasteiger partial charge on any atom is 0.126 e. The van der Waals surface area contributed by atoms with Gasteiger partial charge in [0.05, 0.1) is 4.90 Å². The molecule has 0 saturated carbocycles. The zero-order chi connectivity index (χ0) is 13.1. The Morgan fingerprint density at radius 3 is 2.47 bits per heavy atom. The highest BCUT2D eigenvalue weighted by Crippen LogP contribution is 2.13. The number of hydrogen-bond donors (Lipinski definition) is 2. The molecule has 1 atom stereocenters. The van der Waals surface area contributed by atoms with Crippen LogP contribution in [0.1, 0.15) is 40.0 Å². The quantitative estimate of drug-likeness (QED) is 0.607. The lowest BCUT2D eigenvalue weighted by molar-refractivity contribution is 0.657. The van der Waals surface area contributed by atoms with Crippen LogP contribution < -0.4 is 10.5 Å². The fraction of sp³-hybridized carbons (Fsp3) is 0.538. The van der Waals surface area contributed by atoms with Crippen LogP contribution >= 0.6 is 0 Å². The Kier molecular flexibility index (Phi) is 9.77. The molecule has 0 aliphatic heterocycles. The average Bonchev–Trinajstić information content (AvgIpc) is 2.37. The molecule has 0 aromatic heterocycles. The van der Waals surface area contributed by atoms with Gasteiger partial charge in [0.25, 0.3) is 0 Å². The summed E-state index contributed by atoms with van der Waals surface area (Å²) >= 11 is 0. The number of nitrogens with one attached hydrogen (secondary N) is 1. The van der Waals surface area contributed by atoms with Crippen molar-refractivity contribution in [3.8, 4) is 0 Å². The van der Waals surface area contributed by atoms with E-state index in [0.29, 0.717) is 10.6 Å². The van der Waals surface area contributed by atoms with Crippen LogP contribution in [-0.2, 0) is 11.0 Å². The summed E-state index contributed by atoms with van der Waals surface area (Å²) in [7, 11) is -1.17. The van der Waals surface area contributed by atoms with Gasteiger partial charge in [-0.05, 0) is 18.6 Å². The predicted molar refractivity (Wildman–Crippen MR) is 76.1 cm³/mol. The Labute approximate surface area is 107 Å². The van der Waals surface area contributed by atoms with Gasteiger partial charge in [-0.25, -0.2) is 8.93 Å². The van der Waals surface area contributed by atoms with Crippen LogP contribution in [0.4, 0.5) is 5.69 Å². The van der Waals surface area contributed by atoms with Crippen LogP contribution in [0.5, 0.6) is 0 Å². The first-order valence-corrected chi connectivity index (χ1v) is 7.40. The minimum absolute atomic E-state index is 0.582. The molecule has 0 aliphatic carbocycles. The second-order valence-electron chi connectivity index (χ2n) is 3.41. The number of rotatable bonds is 6. The first-order valence-electron chi connectivity index (χ1n) is 6.25. The van der Waals surface area contributed by atoms with E-state index in [1.807, 2.05) is 26.0 Å². The third kappa shape index (κ3) is 6.44. The van der Waals surface area contributed by atoms with Gasteiger partial charge in [-0.3, -0.25) is 0 Å². The average molecular weight is 256 g/mol. The summed E-state index contributed by atoms with van der Waals surface area (Å²) in [5.41, 5.74) is 6.30. The van der Waals surface area contributed by atoms with Crippen molar-refractivity contribution < 1.29 is 4.21 Å². The van der Waals surface area contributed by atoms with Gasteiger partial charge in [-0.15, -0.1) is 0 Å². The topological polar surface area (TPSA) is 55.1 Å². The van der Waals surface area contributed by atoms with Gasteiger partial charge in [0, 0.05) is 12.2 Å². The van der Waals surface area contributed by atoms with Gasteiger partial charge >= 0.3 is 0 Å². The Morgan fingerprint density at radius 2 is 1.88 bits per heavy atom. The molecule has 0 saturated heterocycles. The summed E-state index contributed by atoms with van der Waals surface area (Å²) in [6.45, 7) is 6.92. The molecule has 98 valence electrons. The zero-order valence-electron chi connectivity index (χ0n) is 11.0. The standard InChI is InChI=1S/C11H18N2OS.C2H6/c1-2-3-6-9-13-15(14)11-8-5-4-7-10(11)12;1-2/h4-5,7-8,13H,2-3,6,9,12H2,1H3;1-2H3. The third-order valence-electron chi connectivity index (χ3n) is 2.13. The predicted octanol–water partition coefficient (Wildman–Crippen LogP) is 3.10. The van der Waals surface area contributed by atoms with Gasteiger partial charge < -0.3 is 5.73 Å². The van der Waals surface area contributed by atoms with Crippen molar-refractivity contribution in [1.29, 1.82) is 0 Å². The van der Waals surface area contributed by atoms with Crippen molar-refractivity contribution in [3.05, 3.63) is 24.3 Å². The Morgan fingerprint density at radius 1 is 1.24 bits per heavy atom. The van der Waals surface area contributed by atoms with E-state index in [2.05, 4.69) is 11.6 Å². The van der Waals surface area contributed by atoms with Gasteiger partial charge in [0.1, 0.15) is 11.0 Å². The minimum Gasteiger partial charge on any atom is -0.398 e. The molecule has 1 rings (SSSR count). The molecule has 3 nitrogen and oxygen atoms in total. The van der Waals surface area contributed by atoms with E-state index in [-0.39, 0.29) is 0 Å². The maximum absolute atomic E-state index is 11.7. The lowest BCUT2D eigenvalue weighted by Gasteiger charge is -2.06. The molecule has 1 unspecified atom stereocenters. The van der Waals surface area contributed by atoms with Gasteiger partial charge in [0.15, 0.2) is 0 Å². The molecule has 4 heteroatoms. The Balaban J connectivity index is 0.00000121. The number of unbranched alkanes of at least 4 members (excludes halogenated alkanes) is 2. The number of benzene rings is 1. The summed E-state index contributed by atoms with van der Waals surface area (Å²) in [5, 5.41) is 0. The Bertz CT molecular complexity index is 329. The fourth-order valence-corrected chi connectivity index (χ4v) is 2.24. The first kappa shape index (κ1) is 16.1. The maximum atomic E-state index is 11.7. The molecule has 0 amide bonds. The minimum atomic E-state index is -1.17. The summed E-state index contributed by atoms with van der Waals surface area (Å²) in [6.07, 6.45) is 3.38. The van der Waals surface area contributed by atoms with Crippen molar-refractivity contribution in [3.63, 3.8) is 0 Å². The number of anilines is 1. The van der Waals surface area contributed by atoms with E-state index in [0.717, 1.165) is 19.4 Å². The number of hydrogen-bond acceptors (Lipinski definition) is 2. The summed E-state index contributed by atoms with van der Waals surface area (Å²) in [6, 6.07) is 7.24. The van der Waals surface area contributed by atoms with E-state index in [4.69, 9.17) is 5.73 Å². The van der Waals surface area contributed by atoms with E-state index >= 15 is 0 Å². The van der Waals surface area contributed by atoms with Crippen molar-refractivity contribution in [1.82, 2.24) is 4.72 Å². The Hall–Kier alpha value is -0.870. The fourth-order valence-electron chi connectivity index (χ4n) is 1.27. The second kappa shape index (κ2) is 10.3. The van der Waals surface area contributed by atoms with Crippen LogP contribution in [0.3, 0.4) is 0 Å². The third-order valence-corrected chi connectivity index (χ3v) is 3.37. The van der Waals surface area contributed by atoms with E-state index in [1.165, 1.54) is 6.42 Å². The molecule has 0 bridgehead atoms. The van der Waals surface area contributed by atoms with E-state index in [9.17, 15) is 4.21 Å². The molecule has 3 N–H and O–H groups in total. The molecule has 0 fully saturated rings. The van der Waals surface area contributed by atoms with Crippen LogP contribution in [0, 0.1) is 0 Å². The van der Waals surface area contributed by atoms with Crippen LogP contribution in [0.15, 0.2) is 29.2 Å². The summed E-state index contributed by atoms with van der Waals surface area (Å²) in [5.74, 6) is 0. The smallest absolute Gasteiger partial charge is 0.126 e. The molecule has 0 heterocycles. The molecular formula is C13H24N2OS. The zero-order valence-corrected chi connectivity index (χ0v) is 11.8. The highest BCUT2D eigenvalue weighted by molar-refractivity contribution is 7.83. The highest BCUT2D eigenvalue weighted by Gasteiger charge is 2.05. The summed E-state index contributed by atoms with van der Waals surface area (Å²) in [4.78, 5) is 0.675. The van der Waals surface area contributed by atoms with Crippen molar-refractivity contribution in [2.75, 3.05) is 12.3 Å². The number of nitrogens with two attached hydrogens (primary N) is 1. The molecule has 1 aromatic rings. The monoisotopic (exact) mass is 256 g/mol. The van der Waals surface area contributed by atoms with Gasteiger partial charge in [-0.1, -0.05) is 45.7 Å². The molecular weight excluding hydrogens is 232 g/mol. The molecule has 0 radical (unpaired) electrons. The van der Waals surface area contributed by atoms with Crippen molar-refractivity contribution >= 4 is 16.7 Å². The highest BCUT2D eigenvalue weighted by atomic mass is 32.2. The first-order chi connectivity index (χ1) is 8.25. The molecule has 17 heavy (non-hydrogen) atoms. The van der Waals surface area contributed by atoms with E-state index < -0.39 is 11.0 Å². The van der Waals surface area contributed by atoms with Gasteiger partial charge in [-0.2, -0.15) is 0 Å². The van der Waals surface area contributed by atoms with Crippen LogP contribution in [-0.4, -0.2) is 10.8 Å². The van der Waals surface area contributed by atoms with Crippen LogP contribution in [0.25, 0.3) is 0 Å². The van der Waals surface area contributed by atoms with Gasteiger partial charge in [0.2, 0.25) is 0 Å². The molecule has 0 aliphatic rings.